The van der Waals surface area contributed by atoms with Crippen LogP contribution in [0.25, 0.3) is 0 Å². The molecular weight excluding hydrogens is 188 g/mol. The SMILES string of the molecule is CCCC(OC)C(CCC)(CCC)OC. The van der Waals surface area contributed by atoms with Gasteiger partial charge < -0.3 is 9.47 Å². The van der Waals surface area contributed by atoms with Crippen LogP contribution in [-0.2, 0) is 9.47 Å². The zero-order valence-electron chi connectivity index (χ0n) is 11.1. The van der Waals surface area contributed by atoms with Crippen molar-refractivity contribution in [2.24, 2.45) is 0 Å². The molecule has 2 heteroatoms. The largest absolute Gasteiger partial charge is 0.378 e. The molecule has 0 spiro atoms. The molecule has 0 bridgehead atoms. The third kappa shape index (κ3) is 4.12. The Morgan fingerprint density at radius 3 is 1.73 bits per heavy atom. The molecule has 0 saturated carbocycles. The standard InChI is InChI=1S/C13H28O2/c1-6-9-12(14-4)13(15-5,10-7-2)11-8-3/h12H,6-11H2,1-5H3. The summed E-state index contributed by atoms with van der Waals surface area (Å²) in [6, 6.07) is 0. The van der Waals surface area contributed by atoms with E-state index in [9.17, 15) is 0 Å². The second kappa shape index (κ2) is 8.12. The predicted molar refractivity (Wildman–Crippen MR) is 65.3 cm³/mol. The Balaban J connectivity index is 4.65. The van der Waals surface area contributed by atoms with E-state index in [1.165, 1.54) is 0 Å². The van der Waals surface area contributed by atoms with Gasteiger partial charge in [-0.15, -0.1) is 0 Å². The van der Waals surface area contributed by atoms with Crippen molar-refractivity contribution in [3.8, 4) is 0 Å². The maximum atomic E-state index is 5.80. The van der Waals surface area contributed by atoms with E-state index in [4.69, 9.17) is 9.47 Å². The molecule has 0 aromatic rings. The van der Waals surface area contributed by atoms with E-state index < -0.39 is 0 Å². The Kier molecular flexibility index (Phi) is 8.07. The predicted octanol–water partition coefficient (Wildman–Crippen LogP) is 3.79. The average Bonchev–Trinajstić information content (AvgIpc) is 2.25. The molecule has 0 aromatic heterocycles. The Morgan fingerprint density at radius 1 is 0.933 bits per heavy atom. The third-order valence-corrected chi connectivity index (χ3v) is 3.18. The van der Waals surface area contributed by atoms with Gasteiger partial charge in [0.15, 0.2) is 0 Å². The lowest BCUT2D eigenvalue weighted by molar-refractivity contribution is -0.130. The topological polar surface area (TPSA) is 18.5 Å². The summed E-state index contributed by atoms with van der Waals surface area (Å²) in [6.45, 7) is 6.62. The number of hydrogen-bond acceptors (Lipinski definition) is 2. The smallest absolute Gasteiger partial charge is 0.0938 e. The Morgan fingerprint density at radius 2 is 1.47 bits per heavy atom. The van der Waals surface area contributed by atoms with Crippen LogP contribution in [0.4, 0.5) is 0 Å². The monoisotopic (exact) mass is 216 g/mol. The molecule has 0 fully saturated rings. The van der Waals surface area contributed by atoms with Crippen molar-refractivity contribution in [3.63, 3.8) is 0 Å². The number of hydrogen-bond donors (Lipinski definition) is 0. The zero-order valence-corrected chi connectivity index (χ0v) is 11.1. The van der Waals surface area contributed by atoms with E-state index in [-0.39, 0.29) is 11.7 Å². The molecular formula is C13H28O2. The highest BCUT2D eigenvalue weighted by Gasteiger charge is 2.36. The summed E-state index contributed by atoms with van der Waals surface area (Å²) in [5.74, 6) is 0. The highest BCUT2D eigenvalue weighted by molar-refractivity contribution is 4.88. The van der Waals surface area contributed by atoms with Crippen molar-refractivity contribution in [2.45, 2.75) is 71.0 Å². The molecule has 15 heavy (non-hydrogen) atoms. The lowest BCUT2D eigenvalue weighted by Gasteiger charge is -2.39. The average molecular weight is 216 g/mol. The molecule has 0 saturated heterocycles. The van der Waals surface area contributed by atoms with Crippen LogP contribution in [0.1, 0.15) is 59.3 Å². The van der Waals surface area contributed by atoms with Crippen LogP contribution in [0, 0.1) is 0 Å². The first-order valence-corrected chi connectivity index (χ1v) is 6.28. The summed E-state index contributed by atoms with van der Waals surface area (Å²) in [4.78, 5) is 0. The molecule has 1 atom stereocenters. The molecule has 1 unspecified atom stereocenters. The number of ether oxygens (including phenoxy) is 2. The molecule has 0 aromatic carbocycles. The van der Waals surface area contributed by atoms with Crippen LogP contribution in [0.2, 0.25) is 0 Å². The lowest BCUT2D eigenvalue weighted by atomic mass is 9.84. The van der Waals surface area contributed by atoms with Crippen LogP contribution in [0.5, 0.6) is 0 Å². The van der Waals surface area contributed by atoms with Crippen LogP contribution in [0.15, 0.2) is 0 Å². The molecule has 0 aliphatic carbocycles. The van der Waals surface area contributed by atoms with Crippen molar-refractivity contribution < 1.29 is 9.47 Å². The van der Waals surface area contributed by atoms with Crippen LogP contribution >= 0.6 is 0 Å². The van der Waals surface area contributed by atoms with E-state index in [2.05, 4.69) is 20.8 Å². The van der Waals surface area contributed by atoms with Gasteiger partial charge >= 0.3 is 0 Å². The second-order valence-corrected chi connectivity index (χ2v) is 4.28. The third-order valence-electron chi connectivity index (χ3n) is 3.18. The maximum Gasteiger partial charge on any atom is 0.0938 e. The number of methoxy groups -OCH3 is 2. The van der Waals surface area contributed by atoms with Crippen molar-refractivity contribution in [3.05, 3.63) is 0 Å². The van der Waals surface area contributed by atoms with Crippen molar-refractivity contribution >= 4 is 0 Å². The van der Waals surface area contributed by atoms with Gasteiger partial charge in [-0.1, -0.05) is 40.0 Å². The summed E-state index contributed by atoms with van der Waals surface area (Å²) in [5, 5.41) is 0. The number of rotatable bonds is 9. The minimum Gasteiger partial charge on any atom is -0.378 e. The van der Waals surface area contributed by atoms with Crippen LogP contribution in [0.3, 0.4) is 0 Å². The molecule has 0 rings (SSSR count). The first kappa shape index (κ1) is 14.9. The fourth-order valence-electron chi connectivity index (χ4n) is 2.49. The molecule has 0 amide bonds. The normalized spacial score (nSPS) is 14.2. The Hall–Kier alpha value is -0.0800. The quantitative estimate of drug-likeness (QED) is 0.584. The Labute approximate surface area is 95.3 Å². The fraction of sp³-hybridized carbons (Fsp3) is 1.00. The molecule has 0 aliphatic heterocycles. The van der Waals surface area contributed by atoms with Gasteiger partial charge in [0.1, 0.15) is 0 Å². The zero-order chi connectivity index (χ0) is 11.7. The minimum absolute atomic E-state index is 0.0613. The highest BCUT2D eigenvalue weighted by atomic mass is 16.5. The van der Waals surface area contributed by atoms with Gasteiger partial charge in [0.25, 0.3) is 0 Å². The van der Waals surface area contributed by atoms with E-state index >= 15 is 0 Å². The van der Waals surface area contributed by atoms with E-state index in [1.54, 1.807) is 7.11 Å². The van der Waals surface area contributed by atoms with E-state index in [0.717, 1.165) is 38.5 Å². The molecule has 92 valence electrons. The van der Waals surface area contributed by atoms with Gasteiger partial charge in [-0.25, -0.2) is 0 Å². The summed E-state index contributed by atoms with van der Waals surface area (Å²) in [7, 11) is 3.63. The van der Waals surface area contributed by atoms with Gasteiger partial charge in [-0.3, -0.25) is 0 Å². The first-order valence-electron chi connectivity index (χ1n) is 6.28. The molecule has 0 radical (unpaired) electrons. The minimum atomic E-state index is -0.0613. The van der Waals surface area contributed by atoms with Gasteiger partial charge in [-0.2, -0.15) is 0 Å². The molecule has 2 nitrogen and oxygen atoms in total. The van der Waals surface area contributed by atoms with Crippen molar-refractivity contribution in [2.75, 3.05) is 14.2 Å². The molecule has 0 N–H and O–H groups in total. The van der Waals surface area contributed by atoms with E-state index in [1.807, 2.05) is 7.11 Å². The Bertz CT molecular complexity index is 139. The van der Waals surface area contributed by atoms with Gasteiger partial charge in [0.2, 0.25) is 0 Å². The maximum absolute atomic E-state index is 5.80. The van der Waals surface area contributed by atoms with Gasteiger partial charge in [0, 0.05) is 14.2 Å². The highest BCUT2D eigenvalue weighted by Crippen LogP contribution is 2.31. The lowest BCUT2D eigenvalue weighted by Crippen LogP contribution is -2.45. The van der Waals surface area contributed by atoms with Crippen LogP contribution in [-0.4, -0.2) is 25.9 Å². The summed E-state index contributed by atoms with van der Waals surface area (Å²) < 4.78 is 11.4. The van der Waals surface area contributed by atoms with Crippen LogP contribution < -0.4 is 0 Å². The second-order valence-electron chi connectivity index (χ2n) is 4.28. The first-order chi connectivity index (χ1) is 7.20. The summed E-state index contributed by atoms with van der Waals surface area (Å²) in [6.07, 6.45) is 6.97. The molecule has 0 aliphatic rings. The van der Waals surface area contributed by atoms with Gasteiger partial charge in [0.05, 0.1) is 11.7 Å². The van der Waals surface area contributed by atoms with E-state index in [0.29, 0.717) is 0 Å². The van der Waals surface area contributed by atoms with Gasteiger partial charge in [-0.05, 0) is 19.3 Å². The summed E-state index contributed by atoms with van der Waals surface area (Å²) in [5.41, 5.74) is -0.0613. The molecule has 0 heterocycles. The van der Waals surface area contributed by atoms with Crippen molar-refractivity contribution in [1.29, 1.82) is 0 Å². The summed E-state index contributed by atoms with van der Waals surface area (Å²) >= 11 is 0. The fourth-order valence-corrected chi connectivity index (χ4v) is 2.49. The van der Waals surface area contributed by atoms with Crippen molar-refractivity contribution in [1.82, 2.24) is 0 Å².